The molecule has 0 radical (unpaired) electrons. The number of benzene rings is 1. The van der Waals surface area contributed by atoms with Crippen molar-refractivity contribution in [2.45, 2.75) is 50.9 Å². The number of aromatic nitrogens is 4. The van der Waals surface area contributed by atoms with Gasteiger partial charge in [0, 0.05) is 47.7 Å². The van der Waals surface area contributed by atoms with Gasteiger partial charge in [-0.05, 0) is 50.6 Å². The van der Waals surface area contributed by atoms with E-state index >= 15 is 0 Å². The molecule has 4 rings (SSSR count). The third-order valence-corrected chi connectivity index (χ3v) is 6.61. The molecule has 7 nitrogen and oxygen atoms in total. The molecule has 0 spiro atoms. The maximum atomic E-state index is 12.8. The molecule has 1 aliphatic rings. The van der Waals surface area contributed by atoms with E-state index in [4.69, 9.17) is 11.6 Å². The number of aryl methyl sites for hydroxylation is 2. The molecule has 9 heteroatoms. The monoisotopic (exact) mass is 458 g/mol. The number of halogens is 1. The van der Waals surface area contributed by atoms with Crippen molar-refractivity contribution in [1.82, 2.24) is 29.8 Å². The van der Waals surface area contributed by atoms with Gasteiger partial charge >= 0.3 is 0 Å². The van der Waals surface area contributed by atoms with E-state index in [0.717, 1.165) is 54.4 Å². The van der Waals surface area contributed by atoms with Crippen LogP contribution in [0.15, 0.2) is 29.4 Å². The molecule has 0 atom stereocenters. The van der Waals surface area contributed by atoms with Crippen molar-refractivity contribution in [3.8, 4) is 0 Å². The molecule has 0 aliphatic carbocycles. The summed E-state index contributed by atoms with van der Waals surface area (Å²) in [6.45, 7) is 6.75. The Labute approximate surface area is 191 Å². The fourth-order valence-corrected chi connectivity index (χ4v) is 4.52. The fourth-order valence-electron chi connectivity index (χ4n) is 4.06. The molecule has 0 bridgehead atoms. The fraction of sp³-hybridized carbons (Fsp3) is 0.455. The van der Waals surface area contributed by atoms with Crippen LogP contribution in [0.5, 0.6) is 0 Å². The van der Waals surface area contributed by atoms with Crippen molar-refractivity contribution < 1.29 is 4.79 Å². The van der Waals surface area contributed by atoms with Crippen LogP contribution in [0.25, 0.3) is 5.78 Å². The van der Waals surface area contributed by atoms with Crippen LogP contribution in [-0.4, -0.2) is 55.8 Å². The molecule has 1 fully saturated rings. The molecule has 3 aromatic rings. The Kier molecular flexibility index (Phi) is 6.79. The van der Waals surface area contributed by atoms with Crippen LogP contribution < -0.4 is 5.32 Å². The number of thioether (sulfide) groups is 1. The van der Waals surface area contributed by atoms with Gasteiger partial charge in [0.15, 0.2) is 0 Å². The molecule has 1 aromatic carbocycles. The summed E-state index contributed by atoms with van der Waals surface area (Å²) in [5.41, 5.74) is 3.93. The van der Waals surface area contributed by atoms with Crippen molar-refractivity contribution in [3.63, 3.8) is 0 Å². The first-order valence-electron chi connectivity index (χ1n) is 10.5. The van der Waals surface area contributed by atoms with E-state index in [2.05, 4.69) is 37.4 Å². The predicted octanol–water partition coefficient (Wildman–Crippen LogP) is 3.44. The zero-order chi connectivity index (χ0) is 22.0. The van der Waals surface area contributed by atoms with Crippen molar-refractivity contribution in [2.75, 3.05) is 19.3 Å². The molecule has 1 N–H and O–H groups in total. The molecular weight excluding hydrogens is 432 g/mol. The molecule has 1 amide bonds. The largest absolute Gasteiger partial charge is 0.353 e. The lowest BCUT2D eigenvalue weighted by Crippen LogP contribution is -2.44. The summed E-state index contributed by atoms with van der Waals surface area (Å²) in [6.07, 6.45) is 4.15. The van der Waals surface area contributed by atoms with E-state index in [9.17, 15) is 4.79 Å². The van der Waals surface area contributed by atoms with Gasteiger partial charge in [-0.15, -0.1) is 5.10 Å². The van der Waals surface area contributed by atoms with Crippen LogP contribution in [0.1, 0.15) is 35.4 Å². The maximum Gasteiger partial charge on any atom is 0.253 e. The lowest BCUT2D eigenvalue weighted by Gasteiger charge is -2.32. The van der Waals surface area contributed by atoms with Crippen LogP contribution >= 0.6 is 23.4 Å². The van der Waals surface area contributed by atoms with Gasteiger partial charge in [-0.25, -0.2) is 9.50 Å². The number of hydrogen-bond donors (Lipinski definition) is 1. The summed E-state index contributed by atoms with van der Waals surface area (Å²) in [4.78, 5) is 24.1. The van der Waals surface area contributed by atoms with E-state index in [-0.39, 0.29) is 11.9 Å². The summed E-state index contributed by atoms with van der Waals surface area (Å²) >= 11 is 7.45. The number of carbonyl (C=O) groups excluding carboxylic acids is 1. The Morgan fingerprint density at radius 1 is 1.19 bits per heavy atom. The zero-order valence-electron chi connectivity index (χ0n) is 18.1. The minimum atomic E-state index is 0.0358. The molecule has 2 aromatic heterocycles. The van der Waals surface area contributed by atoms with Gasteiger partial charge in [-0.2, -0.15) is 4.98 Å². The molecule has 0 saturated carbocycles. The normalized spacial score (nSPS) is 15.5. The summed E-state index contributed by atoms with van der Waals surface area (Å²) in [7, 11) is 0. The Bertz CT molecular complexity index is 1080. The second kappa shape index (κ2) is 9.54. The third-order valence-electron chi connectivity index (χ3n) is 5.82. The van der Waals surface area contributed by atoms with Gasteiger partial charge < -0.3 is 5.32 Å². The first-order valence-corrected chi connectivity index (χ1v) is 12.1. The average Bonchev–Trinajstić information content (AvgIpc) is 3.17. The van der Waals surface area contributed by atoms with Crippen LogP contribution in [0.4, 0.5) is 0 Å². The smallest absolute Gasteiger partial charge is 0.253 e. The SMILES string of the molecule is CSc1nc2nc(C)c(CC(=O)NC3CCN(Cc4ccc(Cl)cc4)CC3)c(C)n2n1. The standard InChI is InChI=1S/C22H27ClN6OS/c1-14-19(15(2)29-21(24-14)26-22(27-29)31-3)12-20(30)25-18-8-10-28(11-9-18)13-16-4-6-17(23)7-5-16/h4-7,18H,8-13H2,1-3H3,(H,25,30). The summed E-state index contributed by atoms with van der Waals surface area (Å²) < 4.78 is 1.73. The van der Waals surface area contributed by atoms with Gasteiger partial charge in [0.1, 0.15) is 0 Å². The maximum absolute atomic E-state index is 12.8. The first kappa shape index (κ1) is 22.0. The number of rotatable bonds is 6. The molecule has 31 heavy (non-hydrogen) atoms. The minimum absolute atomic E-state index is 0.0358. The van der Waals surface area contributed by atoms with Crippen molar-refractivity contribution in [3.05, 3.63) is 51.8 Å². The topological polar surface area (TPSA) is 75.4 Å². The minimum Gasteiger partial charge on any atom is -0.353 e. The number of piperidine rings is 1. The third kappa shape index (κ3) is 5.19. The number of hydrogen-bond acceptors (Lipinski definition) is 6. The highest BCUT2D eigenvalue weighted by Gasteiger charge is 2.22. The van der Waals surface area contributed by atoms with E-state index in [1.54, 1.807) is 4.52 Å². The van der Waals surface area contributed by atoms with E-state index in [1.165, 1.54) is 17.3 Å². The van der Waals surface area contributed by atoms with E-state index in [1.807, 2.05) is 32.2 Å². The van der Waals surface area contributed by atoms with Crippen molar-refractivity contribution >= 4 is 35.0 Å². The number of carbonyl (C=O) groups is 1. The Morgan fingerprint density at radius 3 is 2.58 bits per heavy atom. The zero-order valence-corrected chi connectivity index (χ0v) is 19.6. The van der Waals surface area contributed by atoms with E-state index in [0.29, 0.717) is 17.4 Å². The first-order chi connectivity index (χ1) is 14.9. The number of amides is 1. The van der Waals surface area contributed by atoms with Gasteiger partial charge in [0.2, 0.25) is 11.1 Å². The number of nitrogens with one attached hydrogen (secondary N) is 1. The molecule has 1 saturated heterocycles. The van der Waals surface area contributed by atoms with Crippen LogP contribution in [0.2, 0.25) is 5.02 Å². The summed E-state index contributed by atoms with van der Waals surface area (Å²) in [6, 6.07) is 8.22. The Hall–Kier alpha value is -2.16. The molecule has 1 aliphatic heterocycles. The summed E-state index contributed by atoms with van der Waals surface area (Å²) in [5, 5.41) is 9.13. The second-order valence-electron chi connectivity index (χ2n) is 7.99. The lowest BCUT2D eigenvalue weighted by molar-refractivity contribution is -0.121. The Balaban J connectivity index is 1.33. The van der Waals surface area contributed by atoms with Crippen LogP contribution in [0, 0.1) is 13.8 Å². The van der Waals surface area contributed by atoms with Gasteiger partial charge in [0.25, 0.3) is 5.78 Å². The van der Waals surface area contributed by atoms with Gasteiger partial charge in [-0.3, -0.25) is 9.69 Å². The second-order valence-corrected chi connectivity index (χ2v) is 9.20. The van der Waals surface area contributed by atoms with Crippen LogP contribution in [0.3, 0.4) is 0 Å². The number of nitrogens with zero attached hydrogens (tertiary/aromatic N) is 5. The summed E-state index contributed by atoms with van der Waals surface area (Å²) in [5.74, 6) is 0.616. The molecule has 164 valence electrons. The molecule has 0 unspecified atom stereocenters. The predicted molar refractivity (Wildman–Crippen MR) is 124 cm³/mol. The quantitative estimate of drug-likeness (QED) is 0.570. The number of likely N-dealkylation sites (tertiary alicyclic amines) is 1. The highest BCUT2D eigenvalue weighted by atomic mass is 35.5. The highest BCUT2D eigenvalue weighted by Crippen LogP contribution is 2.19. The average molecular weight is 459 g/mol. The number of fused-ring (bicyclic) bond motifs is 1. The van der Waals surface area contributed by atoms with Crippen molar-refractivity contribution in [1.29, 1.82) is 0 Å². The van der Waals surface area contributed by atoms with Crippen molar-refractivity contribution in [2.24, 2.45) is 0 Å². The van der Waals surface area contributed by atoms with Gasteiger partial charge in [0.05, 0.1) is 6.42 Å². The van der Waals surface area contributed by atoms with Crippen LogP contribution in [-0.2, 0) is 17.8 Å². The van der Waals surface area contributed by atoms with E-state index < -0.39 is 0 Å². The molecular formula is C22H27ClN6OS. The lowest BCUT2D eigenvalue weighted by atomic mass is 10.0. The Morgan fingerprint density at radius 2 is 1.90 bits per heavy atom. The highest BCUT2D eigenvalue weighted by molar-refractivity contribution is 7.98. The van der Waals surface area contributed by atoms with Gasteiger partial charge in [-0.1, -0.05) is 35.5 Å². The molecule has 3 heterocycles.